The highest BCUT2D eigenvalue weighted by Crippen LogP contribution is 2.28. The number of hydrogen-bond acceptors (Lipinski definition) is 8. The van der Waals surface area contributed by atoms with E-state index in [9.17, 15) is 14.4 Å². The van der Waals surface area contributed by atoms with Crippen LogP contribution in [-0.2, 0) is 38.1 Å². The third-order valence-corrected chi connectivity index (χ3v) is 2.65. The van der Waals surface area contributed by atoms with E-state index in [1.165, 1.54) is 20.8 Å². The fraction of sp³-hybridized carbons (Fsp3) is 0.643. The standard InChI is InChI=1S/C14H18O8/c1-5-6-18-14-13(21-10(4)17)12(20-9(3)16)11(22-14)7-19-8(2)15/h1,11-14H,6-7H2,2-4H3/t11-,12?,13?,14-/m1/s1. The van der Waals surface area contributed by atoms with Gasteiger partial charge >= 0.3 is 17.9 Å². The average molecular weight is 314 g/mol. The molecule has 0 radical (unpaired) electrons. The number of ether oxygens (including phenoxy) is 5. The number of terminal acetylenes is 1. The molecule has 122 valence electrons. The molecule has 0 amide bonds. The van der Waals surface area contributed by atoms with E-state index >= 15 is 0 Å². The van der Waals surface area contributed by atoms with Crippen molar-refractivity contribution in [3.05, 3.63) is 0 Å². The Morgan fingerprint density at radius 1 is 1.05 bits per heavy atom. The van der Waals surface area contributed by atoms with E-state index in [-0.39, 0.29) is 13.2 Å². The maximum absolute atomic E-state index is 11.2. The number of esters is 3. The van der Waals surface area contributed by atoms with Gasteiger partial charge in [0.05, 0.1) is 0 Å². The van der Waals surface area contributed by atoms with Gasteiger partial charge in [-0.1, -0.05) is 5.92 Å². The molecule has 22 heavy (non-hydrogen) atoms. The summed E-state index contributed by atoms with van der Waals surface area (Å²) in [4.78, 5) is 33.4. The van der Waals surface area contributed by atoms with Gasteiger partial charge in [-0.3, -0.25) is 14.4 Å². The van der Waals surface area contributed by atoms with E-state index in [4.69, 9.17) is 30.1 Å². The normalized spacial score (nSPS) is 26.8. The van der Waals surface area contributed by atoms with Gasteiger partial charge in [-0.05, 0) is 0 Å². The van der Waals surface area contributed by atoms with Gasteiger partial charge in [-0.25, -0.2) is 0 Å². The molecule has 0 saturated carbocycles. The maximum Gasteiger partial charge on any atom is 0.303 e. The molecule has 1 aliphatic rings. The van der Waals surface area contributed by atoms with Crippen LogP contribution in [0.4, 0.5) is 0 Å². The summed E-state index contributed by atoms with van der Waals surface area (Å²) in [5.41, 5.74) is 0. The third-order valence-electron chi connectivity index (χ3n) is 2.65. The number of hydrogen-bond donors (Lipinski definition) is 0. The fourth-order valence-electron chi connectivity index (χ4n) is 1.94. The molecule has 0 aromatic rings. The van der Waals surface area contributed by atoms with Crippen molar-refractivity contribution in [3.63, 3.8) is 0 Å². The quantitative estimate of drug-likeness (QED) is 0.377. The second-order valence-electron chi connectivity index (χ2n) is 4.51. The fourth-order valence-corrected chi connectivity index (χ4v) is 1.94. The molecule has 0 bridgehead atoms. The molecule has 1 rings (SSSR count). The van der Waals surface area contributed by atoms with Gasteiger partial charge in [0.2, 0.25) is 0 Å². The van der Waals surface area contributed by atoms with Crippen molar-refractivity contribution in [2.45, 2.75) is 45.4 Å². The molecule has 1 fully saturated rings. The molecule has 0 aliphatic carbocycles. The molecule has 8 nitrogen and oxygen atoms in total. The lowest BCUT2D eigenvalue weighted by Crippen LogP contribution is -2.41. The predicted molar refractivity (Wildman–Crippen MR) is 71.2 cm³/mol. The van der Waals surface area contributed by atoms with Gasteiger partial charge in [0.25, 0.3) is 0 Å². The summed E-state index contributed by atoms with van der Waals surface area (Å²) >= 11 is 0. The minimum Gasteiger partial charge on any atom is -0.463 e. The van der Waals surface area contributed by atoms with Crippen molar-refractivity contribution in [1.29, 1.82) is 0 Å². The summed E-state index contributed by atoms with van der Waals surface area (Å²) < 4.78 is 25.8. The van der Waals surface area contributed by atoms with Gasteiger partial charge in [0, 0.05) is 20.8 Å². The first kappa shape index (κ1) is 17.9. The Labute approximate surface area is 128 Å². The van der Waals surface area contributed by atoms with Crippen LogP contribution in [0.2, 0.25) is 0 Å². The number of rotatable bonds is 6. The van der Waals surface area contributed by atoms with Crippen LogP contribution in [0.3, 0.4) is 0 Å². The first-order chi connectivity index (χ1) is 10.3. The molecule has 0 spiro atoms. The monoisotopic (exact) mass is 314 g/mol. The Morgan fingerprint density at radius 2 is 1.64 bits per heavy atom. The Balaban J connectivity index is 2.89. The zero-order chi connectivity index (χ0) is 16.7. The van der Waals surface area contributed by atoms with Gasteiger partial charge in [-0.2, -0.15) is 0 Å². The lowest BCUT2D eigenvalue weighted by molar-refractivity contribution is -0.186. The van der Waals surface area contributed by atoms with Crippen LogP contribution in [0, 0.1) is 12.3 Å². The minimum absolute atomic E-state index is 0.0878. The SMILES string of the molecule is C#CCO[C@@H]1O[C@H](COC(C)=O)C(OC(C)=O)C1OC(C)=O. The van der Waals surface area contributed by atoms with Crippen LogP contribution in [0.5, 0.6) is 0 Å². The molecule has 1 heterocycles. The van der Waals surface area contributed by atoms with E-state index in [1.54, 1.807) is 0 Å². The van der Waals surface area contributed by atoms with Crippen LogP contribution in [0.25, 0.3) is 0 Å². The Hall–Kier alpha value is -2.11. The molecule has 2 unspecified atom stereocenters. The topological polar surface area (TPSA) is 97.4 Å². The largest absolute Gasteiger partial charge is 0.463 e. The highest BCUT2D eigenvalue weighted by Gasteiger charge is 2.50. The van der Waals surface area contributed by atoms with Crippen LogP contribution < -0.4 is 0 Å². The van der Waals surface area contributed by atoms with Gasteiger partial charge in [0.15, 0.2) is 18.5 Å². The van der Waals surface area contributed by atoms with Crippen molar-refractivity contribution >= 4 is 17.9 Å². The number of carbonyl (C=O) groups excluding carboxylic acids is 3. The Bertz CT molecular complexity index is 466. The molecule has 0 aromatic heterocycles. The van der Waals surface area contributed by atoms with E-state index in [0.29, 0.717) is 0 Å². The van der Waals surface area contributed by atoms with Crippen molar-refractivity contribution in [3.8, 4) is 12.3 Å². The highest BCUT2D eigenvalue weighted by atomic mass is 16.7. The zero-order valence-electron chi connectivity index (χ0n) is 12.6. The zero-order valence-corrected chi connectivity index (χ0v) is 12.6. The summed E-state index contributed by atoms with van der Waals surface area (Å²) in [6.45, 7) is 3.36. The lowest BCUT2D eigenvalue weighted by Gasteiger charge is -2.22. The first-order valence-electron chi connectivity index (χ1n) is 6.53. The van der Waals surface area contributed by atoms with Crippen molar-refractivity contribution in [1.82, 2.24) is 0 Å². The second kappa shape index (κ2) is 8.36. The second-order valence-corrected chi connectivity index (χ2v) is 4.51. The van der Waals surface area contributed by atoms with Gasteiger partial charge in [0.1, 0.15) is 19.3 Å². The van der Waals surface area contributed by atoms with E-state index in [2.05, 4.69) is 5.92 Å². The first-order valence-corrected chi connectivity index (χ1v) is 6.53. The van der Waals surface area contributed by atoms with E-state index in [1.807, 2.05) is 0 Å². The average Bonchev–Trinajstić information content (AvgIpc) is 2.71. The summed E-state index contributed by atoms with van der Waals surface area (Å²) in [5.74, 6) is 0.523. The van der Waals surface area contributed by atoms with Crippen LogP contribution >= 0.6 is 0 Å². The molecule has 1 aliphatic heterocycles. The minimum atomic E-state index is -1.02. The van der Waals surface area contributed by atoms with E-state index < -0.39 is 42.5 Å². The molecular formula is C14H18O8. The molecular weight excluding hydrogens is 296 g/mol. The van der Waals surface area contributed by atoms with Crippen molar-refractivity contribution < 1.29 is 38.1 Å². The molecule has 0 aromatic carbocycles. The Morgan fingerprint density at radius 3 is 2.14 bits per heavy atom. The Kier molecular flexibility index (Phi) is 6.82. The molecule has 8 heteroatoms. The molecule has 4 atom stereocenters. The summed E-state index contributed by atoms with van der Waals surface area (Å²) in [6, 6.07) is 0. The van der Waals surface area contributed by atoms with Gasteiger partial charge in [-0.15, -0.1) is 6.42 Å². The molecule has 0 N–H and O–H groups in total. The lowest BCUT2D eigenvalue weighted by atomic mass is 10.1. The van der Waals surface area contributed by atoms with Crippen molar-refractivity contribution in [2.75, 3.05) is 13.2 Å². The predicted octanol–water partition coefficient (Wildman–Crippen LogP) is -0.212. The van der Waals surface area contributed by atoms with Crippen molar-refractivity contribution in [2.24, 2.45) is 0 Å². The maximum atomic E-state index is 11.2. The highest BCUT2D eigenvalue weighted by molar-refractivity contribution is 5.67. The summed E-state index contributed by atoms with van der Waals surface area (Å²) in [7, 11) is 0. The summed E-state index contributed by atoms with van der Waals surface area (Å²) in [6.07, 6.45) is 1.28. The smallest absolute Gasteiger partial charge is 0.303 e. The summed E-state index contributed by atoms with van der Waals surface area (Å²) in [5, 5.41) is 0. The molecule has 1 saturated heterocycles. The van der Waals surface area contributed by atoms with Crippen LogP contribution in [0.15, 0.2) is 0 Å². The third kappa shape index (κ3) is 5.35. The number of carbonyl (C=O) groups is 3. The van der Waals surface area contributed by atoms with Crippen LogP contribution in [-0.4, -0.2) is 55.7 Å². The van der Waals surface area contributed by atoms with Crippen LogP contribution in [0.1, 0.15) is 20.8 Å². The van der Waals surface area contributed by atoms with Gasteiger partial charge < -0.3 is 23.7 Å². The van der Waals surface area contributed by atoms with E-state index in [0.717, 1.165) is 0 Å².